The van der Waals surface area contributed by atoms with Crippen LogP contribution in [-0.2, 0) is 18.3 Å². The van der Waals surface area contributed by atoms with Crippen LogP contribution in [0.1, 0.15) is 35.8 Å². The molecule has 2 N–H and O–H groups in total. The Kier molecular flexibility index (Phi) is 6.81. The van der Waals surface area contributed by atoms with Crippen molar-refractivity contribution in [1.29, 1.82) is 0 Å². The minimum Gasteiger partial charge on any atom is -0.453 e. The lowest BCUT2D eigenvalue weighted by Gasteiger charge is -2.10. The summed E-state index contributed by atoms with van der Waals surface area (Å²) in [6, 6.07) is 12.6. The van der Waals surface area contributed by atoms with E-state index in [9.17, 15) is 18.8 Å². The monoisotopic (exact) mass is 572 g/mol. The third-order valence-corrected chi connectivity index (χ3v) is 7.06. The van der Waals surface area contributed by atoms with Crippen molar-refractivity contribution in [3.05, 3.63) is 100 Å². The summed E-state index contributed by atoms with van der Waals surface area (Å²) in [5.41, 5.74) is 0.906. The summed E-state index contributed by atoms with van der Waals surface area (Å²) in [6.07, 6.45) is 5.40. The van der Waals surface area contributed by atoms with Crippen molar-refractivity contribution < 1.29 is 23.1 Å². The number of amides is 2. The molecule has 42 heavy (non-hydrogen) atoms. The third-order valence-electron chi connectivity index (χ3n) is 7.06. The molecule has 0 radical (unpaired) electrons. The van der Waals surface area contributed by atoms with E-state index in [4.69, 9.17) is 4.74 Å². The summed E-state index contributed by atoms with van der Waals surface area (Å²) in [5.74, 6) is -1.22. The number of fused-ring (bicyclic) bond motifs is 1. The number of aromatic nitrogens is 4. The van der Waals surface area contributed by atoms with Gasteiger partial charge in [0.2, 0.25) is 5.91 Å². The van der Waals surface area contributed by atoms with Gasteiger partial charge in [0.05, 0.1) is 23.8 Å². The van der Waals surface area contributed by atoms with Crippen molar-refractivity contribution in [2.24, 2.45) is 13.0 Å². The standard InChI is InChI=1S/C30H26F2N6O4/c1-3-23-27(30(41)38(36(23)2)20-9-6-18(31)7-10-20)29(40)33-19-8-12-24(22(32)14-19)42-21-11-13-26-34-25(16-37(26)15-21)35-28(39)17-4-5-17/h6-17H,3-5H2,1-2H3,(H,33,40)(H,35,39). The van der Waals surface area contributed by atoms with Crippen LogP contribution in [-0.4, -0.2) is 30.6 Å². The topological polar surface area (TPSA) is 112 Å². The molecule has 0 bridgehead atoms. The van der Waals surface area contributed by atoms with Crippen molar-refractivity contribution in [2.45, 2.75) is 26.2 Å². The van der Waals surface area contributed by atoms with Gasteiger partial charge in [-0.1, -0.05) is 6.92 Å². The summed E-state index contributed by atoms with van der Waals surface area (Å²) in [6.45, 7) is 1.80. The smallest absolute Gasteiger partial charge is 0.284 e. The maximum atomic E-state index is 15.0. The van der Waals surface area contributed by atoms with E-state index in [0.717, 1.165) is 18.9 Å². The molecule has 214 valence electrons. The van der Waals surface area contributed by atoms with E-state index in [1.165, 1.54) is 41.1 Å². The SMILES string of the molecule is CCc1c(C(=O)Nc2ccc(Oc3ccc4nc(NC(=O)C5CC5)cn4c3)c(F)c2)c(=O)n(-c2ccc(F)cc2)n1C. The van der Waals surface area contributed by atoms with Crippen LogP contribution in [0, 0.1) is 17.6 Å². The minimum atomic E-state index is -0.733. The molecule has 3 aromatic heterocycles. The fourth-order valence-electron chi connectivity index (χ4n) is 4.80. The molecule has 5 aromatic rings. The van der Waals surface area contributed by atoms with E-state index in [2.05, 4.69) is 15.6 Å². The Morgan fingerprint density at radius 3 is 2.48 bits per heavy atom. The lowest BCUT2D eigenvalue weighted by atomic mass is 10.2. The number of rotatable bonds is 8. The van der Waals surface area contributed by atoms with Crippen LogP contribution >= 0.6 is 0 Å². The van der Waals surface area contributed by atoms with Crippen molar-refractivity contribution in [3.8, 4) is 17.2 Å². The Labute approximate surface area is 238 Å². The highest BCUT2D eigenvalue weighted by Crippen LogP contribution is 2.31. The van der Waals surface area contributed by atoms with Gasteiger partial charge in [-0.05, 0) is 67.8 Å². The molecule has 12 heteroatoms. The number of hydrogen-bond donors (Lipinski definition) is 2. The van der Waals surface area contributed by atoms with Gasteiger partial charge in [-0.25, -0.2) is 18.4 Å². The molecule has 6 rings (SSSR count). The second kappa shape index (κ2) is 10.6. The number of anilines is 2. The van der Waals surface area contributed by atoms with E-state index >= 15 is 4.39 Å². The molecular weight excluding hydrogens is 546 g/mol. The molecule has 10 nitrogen and oxygen atoms in total. The van der Waals surface area contributed by atoms with Gasteiger partial charge in [-0.2, -0.15) is 0 Å². The number of hydrogen-bond acceptors (Lipinski definition) is 5. The van der Waals surface area contributed by atoms with E-state index in [1.54, 1.807) is 47.6 Å². The van der Waals surface area contributed by atoms with Crippen LogP contribution < -0.4 is 20.9 Å². The molecule has 0 aliphatic heterocycles. The van der Waals surface area contributed by atoms with Gasteiger partial charge < -0.3 is 19.8 Å². The van der Waals surface area contributed by atoms with E-state index in [0.29, 0.717) is 35.0 Å². The first-order valence-corrected chi connectivity index (χ1v) is 13.4. The van der Waals surface area contributed by atoms with Gasteiger partial charge in [0.1, 0.15) is 22.8 Å². The second-order valence-electron chi connectivity index (χ2n) is 10.0. The molecule has 1 aliphatic carbocycles. The lowest BCUT2D eigenvalue weighted by molar-refractivity contribution is -0.117. The normalized spacial score (nSPS) is 12.9. The molecule has 0 spiro atoms. The summed E-state index contributed by atoms with van der Waals surface area (Å²) in [4.78, 5) is 42.8. The predicted molar refractivity (Wildman–Crippen MR) is 151 cm³/mol. The molecule has 2 aromatic carbocycles. The molecule has 3 heterocycles. The van der Waals surface area contributed by atoms with Gasteiger partial charge in [0.25, 0.3) is 11.5 Å². The maximum absolute atomic E-state index is 15.0. The van der Waals surface area contributed by atoms with Gasteiger partial charge >= 0.3 is 0 Å². The van der Waals surface area contributed by atoms with Crippen LogP contribution in [0.3, 0.4) is 0 Å². The van der Waals surface area contributed by atoms with Gasteiger partial charge in [0, 0.05) is 24.7 Å². The van der Waals surface area contributed by atoms with Crippen molar-refractivity contribution in [1.82, 2.24) is 18.7 Å². The molecule has 1 aliphatic rings. The summed E-state index contributed by atoms with van der Waals surface area (Å²) in [5, 5.41) is 5.38. The largest absolute Gasteiger partial charge is 0.453 e. The van der Waals surface area contributed by atoms with Crippen LogP contribution in [0.25, 0.3) is 11.3 Å². The molecule has 0 saturated heterocycles. The first-order chi connectivity index (χ1) is 20.2. The minimum absolute atomic E-state index is 0.0472. The van der Waals surface area contributed by atoms with Crippen LogP contribution in [0.4, 0.5) is 20.3 Å². The number of benzene rings is 2. The quantitative estimate of drug-likeness (QED) is 0.270. The number of carbonyl (C=O) groups excluding carboxylic acids is 2. The van der Waals surface area contributed by atoms with Crippen molar-refractivity contribution >= 4 is 29.0 Å². The number of halogens is 2. The number of ether oxygens (including phenoxy) is 1. The van der Waals surface area contributed by atoms with Crippen LogP contribution in [0.15, 0.2) is 71.8 Å². The Morgan fingerprint density at radius 1 is 1.02 bits per heavy atom. The number of imidazole rings is 1. The van der Waals surface area contributed by atoms with Crippen LogP contribution in [0.5, 0.6) is 11.5 Å². The highest BCUT2D eigenvalue weighted by Gasteiger charge is 2.30. The Balaban J connectivity index is 1.19. The molecule has 2 amide bonds. The second-order valence-corrected chi connectivity index (χ2v) is 10.0. The number of pyridine rings is 1. The highest BCUT2D eigenvalue weighted by atomic mass is 19.1. The van der Waals surface area contributed by atoms with Crippen molar-refractivity contribution in [2.75, 3.05) is 10.6 Å². The number of carbonyl (C=O) groups is 2. The Morgan fingerprint density at radius 2 is 1.79 bits per heavy atom. The predicted octanol–water partition coefficient (Wildman–Crippen LogP) is 5.06. The molecular formula is C30H26F2N6O4. The lowest BCUT2D eigenvalue weighted by Crippen LogP contribution is -2.25. The summed E-state index contributed by atoms with van der Waals surface area (Å²) >= 11 is 0. The summed E-state index contributed by atoms with van der Waals surface area (Å²) < 4.78 is 38.7. The van der Waals surface area contributed by atoms with E-state index in [-0.39, 0.29) is 28.8 Å². The van der Waals surface area contributed by atoms with Gasteiger partial charge in [-0.3, -0.25) is 19.1 Å². The Bertz CT molecular complexity index is 1900. The Hall–Kier alpha value is -5.26. The average Bonchev–Trinajstić information content (AvgIpc) is 3.69. The molecule has 0 unspecified atom stereocenters. The zero-order valence-corrected chi connectivity index (χ0v) is 22.7. The molecule has 1 fully saturated rings. The zero-order chi connectivity index (χ0) is 29.5. The molecule has 0 atom stereocenters. The number of nitrogens with one attached hydrogen (secondary N) is 2. The first kappa shape index (κ1) is 26.9. The van der Waals surface area contributed by atoms with E-state index < -0.39 is 23.1 Å². The third kappa shape index (κ3) is 5.14. The summed E-state index contributed by atoms with van der Waals surface area (Å²) in [7, 11) is 1.64. The maximum Gasteiger partial charge on any atom is 0.284 e. The molecule has 1 saturated carbocycles. The van der Waals surface area contributed by atoms with Gasteiger partial charge in [0.15, 0.2) is 17.4 Å². The van der Waals surface area contributed by atoms with E-state index in [1.807, 2.05) is 0 Å². The fraction of sp³-hybridized carbons (Fsp3) is 0.200. The van der Waals surface area contributed by atoms with Gasteiger partial charge in [-0.15, -0.1) is 0 Å². The van der Waals surface area contributed by atoms with Crippen molar-refractivity contribution in [3.63, 3.8) is 0 Å². The average molecular weight is 573 g/mol. The number of nitrogens with zero attached hydrogens (tertiary/aromatic N) is 4. The highest BCUT2D eigenvalue weighted by molar-refractivity contribution is 6.05. The first-order valence-electron chi connectivity index (χ1n) is 13.4. The van der Waals surface area contributed by atoms with Crippen LogP contribution in [0.2, 0.25) is 0 Å². The fourth-order valence-corrected chi connectivity index (χ4v) is 4.80. The zero-order valence-electron chi connectivity index (χ0n) is 22.7.